The fourth-order valence-corrected chi connectivity index (χ4v) is 4.18. The smallest absolute Gasteiger partial charge is 0.238 e. The molecule has 3 aromatic rings. The van der Waals surface area contributed by atoms with E-state index < -0.39 is 11.3 Å². The normalized spacial score (nSPS) is 18.3. The maximum atomic E-state index is 12.6. The number of primary amides is 1. The number of fused-ring (bicyclic) bond motifs is 1. The number of benzene rings is 1. The maximum absolute atomic E-state index is 12.6. The summed E-state index contributed by atoms with van der Waals surface area (Å²) in [5, 5.41) is 0. The Morgan fingerprint density at radius 1 is 1.03 bits per heavy atom. The van der Waals surface area contributed by atoms with Gasteiger partial charge >= 0.3 is 0 Å². The van der Waals surface area contributed by atoms with Crippen LogP contribution in [0.2, 0.25) is 0 Å². The second-order valence-electron chi connectivity index (χ2n) is 8.19. The lowest BCUT2D eigenvalue weighted by atomic mass is 10.0. The van der Waals surface area contributed by atoms with E-state index in [-0.39, 0.29) is 12.0 Å². The largest absolute Gasteiger partial charge is 0.490 e. The third-order valence-corrected chi connectivity index (χ3v) is 6.24. The SMILES string of the molecule is NC(=O)C1(C(=O)N2CCC(Oc3ccc(-c4ccc5nccn5c4)cc3)CC2)CC1. The van der Waals surface area contributed by atoms with Crippen molar-refractivity contribution < 1.29 is 14.3 Å². The van der Waals surface area contributed by atoms with Crippen molar-refractivity contribution in [1.29, 1.82) is 0 Å². The van der Waals surface area contributed by atoms with Gasteiger partial charge in [-0.2, -0.15) is 0 Å². The standard InChI is InChI=1S/C23H24N4O3/c24-21(28)23(9-10-23)22(29)26-12-7-19(8-13-26)30-18-4-1-16(2-5-18)17-3-6-20-25-11-14-27(20)15-17/h1-6,11,14-15,19H,7-10,12-13H2,(H2,24,28). The lowest BCUT2D eigenvalue weighted by Crippen LogP contribution is -2.48. The number of carbonyl (C=O) groups is 2. The van der Waals surface area contributed by atoms with Gasteiger partial charge in [0.2, 0.25) is 11.8 Å². The zero-order valence-electron chi connectivity index (χ0n) is 16.7. The van der Waals surface area contributed by atoms with E-state index in [2.05, 4.69) is 29.4 Å². The van der Waals surface area contributed by atoms with Crippen LogP contribution in [-0.4, -0.2) is 45.3 Å². The number of piperidine rings is 1. The number of amides is 2. The quantitative estimate of drug-likeness (QED) is 0.662. The summed E-state index contributed by atoms with van der Waals surface area (Å²) in [4.78, 5) is 30.2. The second-order valence-corrected chi connectivity index (χ2v) is 8.19. The van der Waals surface area contributed by atoms with Gasteiger partial charge in [-0.25, -0.2) is 4.98 Å². The Labute approximate surface area is 174 Å². The number of carbonyl (C=O) groups excluding carboxylic acids is 2. The Morgan fingerprint density at radius 2 is 1.73 bits per heavy atom. The molecule has 3 heterocycles. The van der Waals surface area contributed by atoms with Crippen molar-refractivity contribution in [3.63, 3.8) is 0 Å². The van der Waals surface area contributed by atoms with Crippen LogP contribution in [0, 0.1) is 5.41 Å². The monoisotopic (exact) mass is 404 g/mol. The van der Waals surface area contributed by atoms with E-state index in [9.17, 15) is 9.59 Å². The van der Waals surface area contributed by atoms with Crippen LogP contribution in [0.1, 0.15) is 25.7 Å². The first kappa shape index (κ1) is 18.7. The third kappa shape index (κ3) is 3.30. The summed E-state index contributed by atoms with van der Waals surface area (Å²) < 4.78 is 8.13. The van der Waals surface area contributed by atoms with Gasteiger partial charge in [-0.15, -0.1) is 0 Å². The number of hydrogen-bond acceptors (Lipinski definition) is 4. The molecule has 2 N–H and O–H groups in total. The Bertz CT molecular complexity index is 1090. The van der Waals surface area contributed by atoms with Gasteiger partial charge in [0.1, 0.15) is 22.9 Å². The van der Waals surface area contributed by atoms with Crippen molar-refractivity contribution in [3.8, 4) is 16.9 Å². The Balaban J connectivity index is 1.19. The lowest BCUT2D eigenvalue weighted by molar-refractivity contribution is -0.144. The predicted molar refractivity (Wildman–Crippen MR) is 112 cm³/mol. The van der Waals surface area contributed by atoms with Gasteiger partial charge < -0.3 is 19.8 Å². The molecule has 30 heavy (non-hydrogen) atoms. The number of ether oxygens (including phenoxy) is 1. The van der Waals surface area contributed by atoms with Crippen LogP contribution in [0.15, 0.2) is 55.0 Å². The van der Waals surface area contributed by atoms with E-state index in [1.807, 2.05) is 28.8 Å². The molecular formula is C23H24N4O3. The molecule has 2 amide bonds. The molecule has 7 heteroatoms. The summed E-state index contributed by atoms with van der Waals surface area (Å²) in [6.07, 6.45) is 8.50. The van der Waals surface area contributed by atoms with Crippen LogP contribution in [0.5, 0.6) is 5.75 Å². The molecule has 1 saturated carbocycles. The molecule has 1 aliphatic heterocycles. The number of rotatable bonds is 5. The molecule has 0 bridgehead atoms. The summed E-state index contributed by atoms with van der Waals surface area (Å²) in [6.45, 7) is 1.20. The van der Waals surface area contributed by atoms with Crippen molar-refractivity contribution in [2.24, 2.45) is 11.1 Å². The van der Waals surface area contributed by atoms with Crippen LogP contribution in [0.25, 0.3) is 16.8 Å². The van der Waals surface area contributed by atoms with Crippen molar-refractivity contribution in [2.75, 3.05) is 13.1 Å². The van der Waals surface area contributed by atoms with Crippen LogP contribution >= 0.6 is 0 Å². The number of likely N-dealkylation sites (tertiary alicyclic amines) is 1. The van der Waals surface area contributed by atoms with Crippen molar-refractivity contribution in [1.82, 2.24) is 14.3 Å². The van der Waals surface area contributed by atoms with Gasteiger partial charge in [-0.05, 0) is 48.2 Å². The van der Waals surface area contributed by atoms with Crippen LogP contribution in [0.3, 0.4) is 0 Å². The van der Waals surface area contributed by atoms with E-state index in [0.717, 1.165) is 35.4 Å². The van der Waals surface area contributed by atoms with Gasteiger partial charge in [0, 0.05) is 44.5 Å². The van der Waals surface area contributed by atoms with E-state index in [4.69, 9.17) is 10.5 Å². The van der Waals surface area contributed by atoms with Gasteiger partial charge in [0.15, 0.2) is 0 Å². The molecule has 1 saturated heterocycles. The number of nitrogens with two attached hydrogens (primary N) is 1. The lowest BCUT2D eigenvalue weighted by Gasteiger charge is -2.33. The molecule has 5 rings (SSSR count). The third-order valence-electron chi connectivity index (χ3n) is 6.24. The highest BCUT2D eigenvalue weighted by Crippen LogP contribution is 2.47. The van der Waals surface area contributed by atoms with Crippen molar-refractivity contribution in [3.05, 3.63) is 55.0 Å². The van der Waals surface area contributed by atoms with E-state index in [0.29, 0.717) is 25.9 Å². The molecule has 1 aliphatic carbocycles. The molecule has 154 valence electrons. The zero-order valence-corrected chi connectivity index (χ0v) is 16.7. The molecule has 2 fully saturated rings. The number of imidazole rings is 1. The Hall–Kier alpha value is -3.35. The van der Waals surface area contributed by atoms with Gasteiger partial charge in [-0.3, -0.25) is 9.59 Å². The average molecular weight is 404 g/mol. The fraction of sp³-hybridized carbons (Fsp3) is 0.348. The first-order chi connectivity index (χ1) is 14.5. The highest BCUT2D eigenvalue weighted by atomic mass is 16.5. The summed E-state index contributed by atoms with van der Waals surface area (Å²) in [5.41, 5.74) is 7.65. The highest BCUT2D eigenvalue weighted by Gasteiger charge is 2.57. The van der Waals surface area contributed by atoms with E-state index in [1.54, 1.807) is 11.1 Å². The molecule has 1 aromatic carbocycles. The summed E-state index contributed by atoms with van der Waals surface area (Å²) >= 11 is 0. The molecule has 0 spiro atoms. The fourth-order valence-electron chi connectivity index (χ4n) is 4.18. The average Bonchev–Trinajstić information content (AvgIpc) is 3.46. The predicted octanol–water partition coefficient (Wildman–Crippen LogP) is 2.64. The van der Waals surface area contributed by atoms with E-state index >= 15 is 0 Å². The molecule has 0 unspecified atom stereocenters. The number of hydrogen-bond donors (Lipinski definition) is 1. The molecule has 2 aromatic heterocycles. The summed E-state index contributed by atoms with van der Waals surface area (Å²) in [6, 6.07) is 12.1. The Morgan fingerprint density at radius 3 is 2.40 bits per heavy atom. The second kappa shape index (κ2) is 7.16. The summed E-state index contributed by atoms with van der Waals surface area (Å²) in [7, 11) is 0. The van der Waals surface area contributed by atoms with Crippen LogP contribution in [0.4, 0.5) is 0 Å². The molecule has 7 nitrogen and oxygen atoms in total. The highest BCUT2D eigenvalue weighted by molar-refractivity contribution is 6.07. The number of pyridine rings is 1. The zero-order chi connectivity index (χ0) is 20.7. The van der Waals surface area contributed by atoms with Crippen molar-refractivity contribution >= 4 is 17.5 Å². The molecule has 2 aliphatic rings. The Kier molecular flexibility index (Phi) is 4.46. The van der Waals surface area contributed by atoms with E-state index in [1.165, 1.54) is 0 Å². The van der Waals surface area contributed by atoms with Gasteiger partial charge in [0.25, 0.3) is 0 Å². The van der Waals surface area contributed by atoms with Crippen LogP contribution < -0.4 is 10.5 Å². The first-order valence-corrected chi connectivity index (χ1v) is 10.3. The first-order valence-electron chi connectivity index (χ1n) is 10.3. The number of nitrogens with zero attached hydrogens (tertiary/aromatic N) is 3. The summed E-state index contributed by atoms with van der Waals surface area (Å²) in [5.74, 6) is 0.230. The maximum Gasteiger partial charge on any atom is 0.238 e. The van der Waals surface area contributed by atoms with Crippen molar-refractivity contribution in [2.45, 2.75) is 31.8 Å². The molecule has 0 atom stereocenters. The minimum atomic E-state index is -0.927. The molecule has 0 radical (unpaired) electrons. The molecular weight excluding hydrogens is 380 g/mol. The minimum Gasteiger partial charge on any atom is -0.490 e. The van der Waals surface area contributed by atoms with Gasteiger partial charge in [-0.1, -0.05) is 12.1 Å². The van der Waals surface area contributed by atoms with Gasteiger partial charge in [0.05, 0.1) is 0 Å². The topological polar surface area (TPSA) is 89.9 Å². The minimum absolute atomic E-state index is 0.0610. The number of aromatic nitrogens is 2. The van der Waals surface area contributed by atoms with Crippen LogP contribution in [-0.2, 0) is 9.59 Å².